The molecule has 0 saturated carbocycles. The molecule has 5 heteroatoms. The zero-order valence-corrected chi connectivity index (χ0v) is 14.1. The van der Waals surface area contributed by atoms with Gasteiger partial charge in [0.25, 0.3) is 0 Å². The van der Waals surface area contributed by atoms with Crippen molar-refractivity contribution in [1.82, 2.24) is 0 Å². The van der Waals surface area contributed by atoms with Gasteiger partial charge in [-0.2, -0.15) is 0 Å². The number of carbonyl (C=O) groups excluding carboxylic acids is 3. The smallest absolute Gasteiger partial charge is 0.311 e. The third-order valence-corrected chi connectivity index (χ3v) is 3.45. The van der Waals surface area contributed by atoms with Gasteiger partial charge >= 0.3 is 11.9 Å². The molecule has 126 valence electrons. The van der Waals surface area contributed by atoms with Crippen LogP contribution in [0.25, 0.3) is 0 Å². The standard InChI is InChI=1S/C18H24O5/c1-5-16(12(2)3)23-18(21)11-10-17(20)22-15-8-6-14(7-9-15)13(4)19/h6-9,12,16H,5,10-11H2,1-4H3. The number of carbonyl (C=O) groups is 3. The van der Waals surface area contributed by atoms with E-state index in [1.165, 1.54) is 6.92 Å². The van der Waals surface area contributed by atoms with E-state index >= 15 is 0 Å². The van der Waals surface area contributed by atoms with Gasteiger partial charge in [-0.3, -0.25) is 14.4 Å². The Morgan fingerprint density at radius 2 is 1.57 bits per heavy atom. The molecular formula is C18H24O5. The van der Waals surface area contributed by atoms with Crippen LogP contribution in [0, 0.1) is 5.92 Å². The summed E-state index contributed by atoms with van der Waals surface area (Å²) in [5, 5.41) is 0. The van der Waals surface area contributed by atoms with Gasteiger partial charge in [-0.05, 0) is 43.5 Å². The lowest BCUT2D eigenvalue weighted by Gasteiger charge is -2.19. The fourth-order valence-electron chi connectivity index (χ4n) is 2.06. The van der Waals surface area contributed by atoms with Crippen molar-refractivity contribution >= 4 is 17.7 Å². The summed E-state index contributed by atoms with van der Waals surface area (Å²) in [5.74, 6) is -0.358. The zero-order valence-electron chi connectivity index (χ0n) is 14.1. The molecular weight excluding hydrogens is 296 g/mol. The average molecular weight is 320 g/mol. The molecule has 1 unspecified atom stereocenters. The third kappa shape index (κ3) is 6.63. The largest absolute Gasteiger partial charge is 0.462 e. The van der Waals surface area contributed by atoms with Crippen molar-refractivity contribution in [2.24, 2.45) is 5.92 Å². The highest BCUT2D eigenvalue weighted by molar-refractivity contribution is 5.94. The Bertz CT molecular complexity index is 545. The SMILES string of the molecule is CCC(OC(=O)CCC(=O)Oc1ccc(C(C)=O)cc1)C(C)C. The topological polar surface area (TPSA) is 69.7 Å². The van der Waals surface area contributed by atoms with E-state index in [4.69, 9.17) is 9.47 Å². The second-order valence-corrected chi connectivity index (χ2v) is 5.74. The molecule has 0 radical (unpaired) electrons. The summed E-state index contributed by atoms with van der Waals surface area (Å²) in [4.78, 5) is 34.6. The lowest BCUT2D eigenvalue weighted by atomic mass is 10.1. The van der Waals surface area contributed by atoms with E-state index in [0.717, 1.165) is 6.42 Å². The van der Waals surface area contributed by atoms with Crippen molar-refractivity contribution in [3.63, 3.8) is 0 Å². The lowest BCUT2D eigenvalue weighted by molar-refractivity contribution is -0.153. The van der Waals surface area contributed by atoms with Crippen molar-refractivity contribution in [2.45, 2.75) is 53.1 Å². The van der Waals surface area contributed by atoms with E-state index < -0.39 is 11.9 Å². The number of rotatable bonds is 8. The van der Waals surface area contributed by atoms with E-state index in [9.17, 15) is 14.4 Å². The Kier molecular flexibility index (Phi) is 7.45. The number of hydrogen-bond acceptors (Lipinski definition) is 5. The van der Waals surface area contributed by atoms with Crippen molar-refractivity contribution in [3.8, 4) is 5.75 Å². The molecule has 5 nitrogen and oxygen atoms in total. The van der Waals surface area contributed by atoms with Gasteiger partial charge in [-0.15, -0.1) is 0 Å². The quantitative estimate of drug-likeness (QED) is 0.416. The van der Waals surface area contributed by atoms with E-state index in [0.29, 0.717) is 11.3 Å². The van der Waals surface area contributed by atoms with Gasteiger partial charge in [0.2, 0.25) is 0 Å². The minimum atomic E-state index is -0.505. The van der Waals surface area contributed by atoms with Gasteiger partial charge < -0.3 is 9.47 Å². The maximum atomic E-state index is 11.7. The van der Waals surface area contributed by atoms with Gasteiger partial charge in [-0.1, -0.05) is 20.8 Å². The first-order valence-corrected chi connectivity index (χ1v) is 7.84. The minimum absolute atomic E-state index is 0.00637. The van der Waals surface area contributed by atoms with Crippen molar-refractivity contribution in [1.29, 1.82) is 0 Å². The molecule has 0 spiro atoms. The molecule has 1 atom stereocenters. The number of Topliss-reactive ketones (excluding diaryl/α,β-unsaturated/α-hetero) is 1. The van der Waals surface area contributed by atoms with Crippen LogP contribution in [-0.2, 0) is 14.3 Å². The Morgan fingerprint density at radius 1 is 1.00 bits per heavy atom. The number of benzene rings is 1. The zero-order chi connectivity index (χ0) is 17.4. The first-order valence-electron chi connectivity index (χ1n) is 7.84. The molecule has 0 fully saturated rings. The predicted molar refractivity (Wildman–Crippen MR) is 86.3 cm³/mol. The molecule has 1 aromatic carbocycles. The Morgan fingerprint density at radius 3 is 2.04 bits per heavy atom. The highest BCUT2D eigenvalue weighted by Crippen LogP contribution is 2.15. The maximum Gasteiger partial charge on any atom is 0.311 e. The molecule has 0 aliphatic heterocycles. The van der Waals surface area contributed by atoms with Gasteiger partial charge in [-0.25, -0.2) is 0 Å². The fraction of sp³-hybridized carbons (Fsp3) is 0.500. The van der Waals surface area contributed by atoms with Gasteiger partial charge in [0, 0.05) is 5.56 Å². The summed E-state index contributed by atoms with van der Waals surface area (Å²) in [6, 6.07) is 6.29. The molecule has 0 amide bonds. The van der Waals surface area contributed by atoms with Crippen LogP contribution in [-0.4, -0.2) is 23.8 Å². The summed E-state index contributed by atoms with van der Waals surface area (Å²) in [5.41, 5.74) is 0.549. The summed E-state index contributed by atoms with van der Waals surface area (Å²) in [6.07, 6.45) is 0.573. The van der Waals surface area contributed by atoms with Crippen molar-refractivity contribution < 1.29 is 23.9 Å². The molecule has 0 aromatic heterocycles. The van der Waals surface area contributed by atoms with Gasteiger partial charge in [0.1, 0.15) is 11.9 Å². The van der Waals surface area contributed by atoms with Crippen LogP contribution in [0.2, 0.25) is 0 Å². The van der Waals surface area contributed by atoms with Gasteiger partial charge in [0.05, 0.1) is 12.8 Å². The third-order valence-electron chi connectivity index (χ3n) is 3.45. The normalized spacial score (nSPS) is 11.9. The number of esters is 2. The highest BCUT2D eigenvalue weighted by atomic mass is 16.5. The van der Waals surface area contributed by atoms with Crippen molar-refractivity contribution in [3.05, 3.63) is 29.8 Å². The maximum absolute atomic E-state index is 11.7. The van der Waals surface area contributed by atoms with Crippen LogP contribution in [0.15, 0.2) is 24.3 Å². The molecule has 0 N–H and O–H groups in total. The predicted octanol–water partition coefficient (Wildman–Crippen LogP) is 3.55. The van der Waals surface area contributed by atoms with Crippen LogP contribution >= 0.6 is 0 Å². The molecule has 0 bridgehead atoms. The summed E-state index contributed by atoms with van der Waals surface area (Å²) < 4.78 is 10.4. The molecule has 1 aromatic rings. The molecule has 0 saturated heterocycles. The van der Waals surface area contributed by atoms with E-state index in [1.54, 1.807) is 24.3 Å². The first kappa shape index (κ1) is 18.9. The van der Waals surface area contributed by atoms with Crippen LogP contribution in [0.4, 0.5) is 0 Å². The van der Waals surface area contributed by atoms with Crippen LogP contribution in [0.1, 0.15) is 57.3 Å². The molecule has 1 rings (SSSR count). The fourth-order valence-corrected chi connectivity index (χ4v) is 2.06. The number of hydrogen-bond donors (Lipinski definition) is 0. The second-order valence-electron chi connectivity index (χ2n) is 5.74. The van der Waals surface area contributed by atoms with Gasteiger partial charge in [0.15, 0.2) is 5.78 Å². The molecule has 0 heterocycles. The monoisotopic (exact) mass is 320 g/mol. The van der Waals surface area contributed by atoms with E-state index in [2.05, 4.69) is 0 Å². The highest BCUT2D eigenvalue weighted by Gasteiger charge is 2.17. The van der Waals surface area contributed by atoms with Crippen LogP contribution in [0.3, 0.4) is 0 Å². The lowest BCUT2D eigenvalue weighted by Crippen LogP contribution is -2.23. The minimum Gasteiger partial charge on any atom is -0.462 e. The first-order chi connectivity index (χ1) is 10.8. The van der Waals surface area contributed by atoms with Crippen LogP contribution < -0.4 is 4.74 Å². The Hall–Kier alpha value is -2.17. The molecule has 0 aliphatic rings. The Labute approximate surface area is 137 Å². The average Bonchev–Trinajstić information content (AvgIpc) is 2.50. The summed E-state index contributed by atoms with van der Waals surface area (Å²) >= 11 is 0. The summed E-state index contributed by atoms with van der Waals surface area (Å²) in [6.45, 7) is 7.39. The number of ether oxygens (including phenoxy) is 2. The van der Waals surface area contributed by atoms with Crippen LogP contribution in [0.5, 0.6) is 5.75 Å². The summed E-state index contributed by atoms with van der Waals surface area (Å²) in [7, 11) is 0. The molecule has 0 aliphatic carbocycles. The van der Waals surface area contributed by atoms with E-state index in [1.807, 2.05) is 20.8 Å². The number of ketones is 1. The Balaban J connectivity index is 2.42. The molecule has 23 heavy (non-hydrogen) atoms. The van der Waals surface area contributed by atoms with E-state index in [-0.39, 0.29) is 30.6 Å². The van der Waals surface area contributed by atoms with Crippen molar-refractivity contribution in [2.75, 3.05) is 0 Å². The second kappa shape index (κ2) is 9.08.